The number of hydrogen-bond donors (Lipinski definition) is 0. The average molecular weight is 354 g/mol. The largest absolute Gasteiger partial charge is 0.467 e. The molecular weight excluding hydrogens is 324 g/mol. The average Bonchev–Trinajstić information content (AvgIpc) is 3.15. The summed E-state index contributed by atoms with van der Waals surface area (Å²) < 4.78 is 5.48. The van der Waals surface area contributed by atoms with Crippen LogP contribution in [0, 0.1) is 5.92 Å². The Morgan fingerprint density at radius 3 is 2.42 bits per heavy atom. The number of carbonyl (C=O) groups is 1. The number of hydrogen-bond acceptors (Lipinski definition) is 3. The number of likely N-dealkylation sites (N-methyl/N-ethyl adjacent to an activating group) is 1. The normalized spacial score (nSPS) is 20.3. The Morgan fingerprint density at radius 2 is 1.77 bits per heavy atom. The van der Waals surface area contributed by atoms with E-state index in [1.165, 1.54) is 25.7 Å². The Labute approximate surface area is 156 Å². The van der Waals surface area contributed by atoms with Gasteiger partial charge in [-0.05, 0) is 56.3 Å². The van der Waals surface area contributed by atoms with Crippen LogP contribution in [0.1, 0.15) is 43.9 Å². The van der Waals surface area contributed by atoms with Crippen LogP contribution in [0.15, 0.2) is 53.1 Å². The Hall–Kier alpha value is -2.07. The molecule has 1 saturated carbocycles. The fraction of sp³-hybridized carbons (Fsp3) is 0.500. The smallest absolute Gasteiger partial charge is 0.237 e. The number of nitrogens with zero attached hydrogens (tertiary/aromatic N) is 2. The summed E-state index contributed by atoms with van der Waals surface area (Å²) in [5.74, 6) is 1.80. The summed E-state index contributed by atoms with van der Waals surface area (Å²) >= 11 is 0. The molecular formula is C22H30N2O2. The van der Waals surface area contributed by atoms with Crippen molar-refractivity contribution in [1.29, 1.82) is 0 Å². The van der Waals surface area contributed by atoms with Crippen LogP contribution in [-0.4, -0.2) is 35.3 Å². The van der Waals surface area contributed by atoms with Gasteiger partial charge in [0.05, 0.1) is 19.4 Å². The Morgan fingerprint density at radius 1 is 1.04 bits per heavy atom. The van der Waals surface area contributed by atoms with E-state index in [-0.39, 0.29) is 5.91 Å². The molecule has 1 heterocycles. The third kappa shape index (κ3) is 5.21. The van der Waals surface area contributed by atoms with Gasteiger partial charge in [0.25, 0.3) is 0 Å². The third-order valence-corrected chi connectivity index (χ3v) is 5.49. The highest BCUT2D eigenvalue weighted by atomic mass is 16.3. The van der Waals surface area contributed by atoms with Crippen LogP contribution >= 0.6 is 0 Å². The molecule has 0 atom stereocenters. The summed E-state index contributed by atoms with van der Waals surface area (Å²) in [5, 5.41) is 0. The predicted octanol–water partition coefficient (Wildman–Crippen LogP) is 4.32. The van der Waals surface area contributed by atoms with Crippen LogP contribution in [0.25, 0.3) is 0 Å². The van der Waals surface area contributed by atoms with Crippen molar-refractivity contribution in [3.8, 4) is 0 Å². The summed E-state index contributed by atoms with van der Waals surface area (Å²) in [4.78, 5) is 17.2. The van der Waals surface area contributed by atoms with E-state index in [2.05, 4.69) is 31.0 Å². The molecule has 1 aromatic carbocycles. The monoisotopic (exact) mass is 354 g/mol. The minimum absolute atomic E-state index is 0.159. The molecule has 0 spiro atoms. The molecule has 1 aromatic heterocycles. The first-order valence-corrected chi connectivity index (χ1v) is 9.66. The van der Waals surface area contributed by atoms with Gasteiger partial charge in [-0.15, -0.1) is 0 Å². The van der Waals surface area contributed by atoms with E-state index in [1.807, 2.05) is 35.2 Å². The van der Waals surface area contributed by atoms with Gasteiger partial charge in [0, 0.05) is 12.6 Å². The molecule has 1 aliphatic rings. The fourth-order valence-electron chi connectivity index (χ4n) is 3.75. The zero-order valence-electron chi connectivity index (χ0n) is 15.9. The van der Waals surface area contributed by atoms with E-state index in [0.717, 1.165) is 17.2 Å². The second-order valence-electron chi connectivity index (χ2n) is 7.64. The summed E-state index contributed by atoms with van der Waals surface area (Å²) in [6.07, 6.45) is 6.59. The van der Waals surface area contributed by atoms with E-state index in [4.69, 9.17) is 4.42 Å². The van der Waals surface area contributed by atoms with Crippen molar-refractivity contribution in [3.63, 3.8) is 0 Å². The van der Waals surface area contributed by atoms with Crippen molar-refractivity contribution in [2.24, 2.45) is 5.92 Å². The Kier molecular flexibility index (Phi) is 6.51. The lowest BCUT2D eigenvalue weighted by Crippen LogP contribution is -2.43. The van der Waals surface area contributed by atoms with Crippen molar-refractivity contribution in [3.05, 3.63) is 60.1 Å². The molecule has 1 fully saturated rings. The standard InChI is InChI=1S/C22H30N2O2/c1-18-10-12-20(13-11-18)23(2)17-22(25)24(16-21-9-6-14-26-21)15-19-7-4-3-5-8-19/h3-9,14,18,20H,10-13,15-17H2,1-2H3. The first-order valence-electron chi connectivity index (χ1n) is 9.66. The van der Waals surface area contributed by atoms with Crippen molar-refractivity contribution >= 4 is 5.91 Å². The van der Waals surface area contributed by atoms with Crippen LogP contribution in [0.3, 0.4) is 0 Å². The van der Waals surface area contributed by atoms with Gasteiger partial charge < -0.3 is 9.32 Å². The summed E-state index contributed by atoms with van der Waals surface area (Å²) in [6, 6.07) is 14.5. The minimum atomic E-state index is 0.159. The highest BCUT2D eigenvalue weighted by Gasteiger charge is 2.25. The van der Waals surface area contributed by atoms with Crippen molar-refractivity contribution in [2.75, 3.05) is 13.6 Å². The van der Waals surface area contributed by atoms with Crippen molar-refractivity contribution < 1.29 is 9.21 Å². The van der Waals surface area contributed by atoms with Gasteiger partial charge >= 0.3 is 0 Å². The van der Waals surface area contributed by atoms with Crippen LogP contribution in [0.5, 0.6) is 0 Å². The van der Waals surface area contributed by atoms with Crippen LogP contribution < -0.4 is 0 Å². The first kappa shape index (κ1) is 18.7. The zero-order chi connectivity index (χ0) is 18.4. The Bertz CT molecular complexity index is 661. The second-order valence-corrected chi connectivity index (χ2v) is 7.64. The quantitative estimate of drug-likeness (QED) is 0.743. The maximum absolute atomic E-state index is 13.0. The van der Waals surface area contributed by atoms with Gasteiger partial charge in [0.1, 0.15) is 5.76 Å². The molecule has 0 saturated heterocycles. The molecule has 2 aromatic rings. The van der Waals surface area contributed by atoms with Crippen LogP contribution in [0.4, 0.5) is 0 Å². The fourth-order valence-corrected chi connectivity index (χ4v) is 3.75. The maximum atomic E-state index is 13.0. The number of amides is 1. The zero-order valence-corrected chi connectivity index (χ0v) is 15.9. The van der Waals surface area contributed by atoms with Crippen molar-refractivity contribution in [2.45, 2.75) is 51.7 Å². The molecule has 0 unspecified atom stereocenters. The lowest BCUT2D eigenvalue weighted by Gasteiger charge is -2.34. The van der Waals surface area contributed by atoms with Crippen LogP contribution in [0.2, 0.25) is 0 Å². The van der Waals surface area contributed by atoms with Gasteiger partial charge in [0.15, 0.2) is 0 Å². The predicted molar refractivity (Wildman–Crippen MR) is 103 cm³/mol. The molecule has 3 rings (SSSR count). The van der Waals surface area contributed by atoms with Gasteiger partial charge in [-0.3, -0.25) is 9.69 Å². The number of benzene rings is 1. The first-order chi connectivity index (χ1) is 12.6. The number of furan rings is 1. The SMILES string of the molecule is CC1CCC(N(C)CC(=O)N(Cc2ccccc2)Cc2ccco2)CC1. The molecule has 0 radical (unpaired) electrons. The van der Waals surface area contributed by atoms with Gasteiger partial charge in [-0.2, -0.15) is 0 Å². The molecule has 1 aliphatic carbocycles. The van der Waals surface area contributed by atoms with Crippen LogP contribution in [-0.2, 0) is 17.9 Å². The molecule has 0 aliphatic heterocycles. The molecule has 0 bridgehead atoms. The van der Waals surface area contributed by atoms with E-state index >= 15 is 0 Å². The minimum Gasteiger partial charge on any atom is -0.467 e. The van der Waals surface area contributed by atoms with E-state index in [1.54, 1.807) is 6.26 Å². The highest BCUT2D eigenvalue weighted by Crippen LogP contribution is 2.26. The topological polar surface area (TPSA) is 36.7 Å². The van der Waals surface area contributed by atoms with Gasteiger partial charge in [-0.1, -0.05) is 37.3 Å². The molecule has 4 nitrogen and oxygen atoms in total. The van der Waals surface area contributed by atoms with E-state index in [9.17, 15) is 4.79 Å². The molecule has 26 heavy (non-hydrogen) atoms. The van der Waals surface area contributed by atoms with E-state index in [0.29, 0.717) is 25.7 Å². The molecule has 4 heteroatoms. The van der Waals surface area contributed by atoms with Crippen molar-refractivity contribution in [1.82, 2.24) is 9.80 Å². The second kappa shape index (κ2) is 9.04. The maximum Gasteiger partial charge on any atom is 0.237 e. The molecule has 140 valence electrons. The third-order valence-electron chi connectivity index (χ3n) is 5.49. The summed E-state index contributed by atoms with van der Waals surface area (Å²) in [7, 11) is 2.09. The van der Waals surface area contributed by atoms with Gasteiger partial charge in [0.2, 0.25) is 5.91 Å². The lowest BCUT2D eigenvalue weighted by molar-refractivity contribution is -0.134. The number of rotatable bonds is 7. The van der Waals surface area contributed by atoms with Gasteiger partial charge in [-0.25, -0.2) is 0 Å². The molecule has 1 amide bonds. The highest BCUT2D eigenvalue weighted by molar-refractivity contribution is 5.78. The number of carbonyl (C=O) groups excluding carboxylic acids is 1. The van der Waals surface area contributed by atoms with E-state index < -0.39 is 0 Å². The Balaban J connectivity index is 1.63. The summed E-state index contributed by atoms with van der Waals surface area (Å²) in [6.45, 7) is 3.91. The molecule has 0 N–H and O–H groups in total. The summed E-state index contributed by atoms with van der Waals surface area (Å²) in [5.41, 5.74) is 1.14. The lowest BCUT2D eigenvalue weighted by atomic mass is 9.87.